The summed E-state index contributed by atoms with van der Waals surface area (Å²) in [6, 6.07) is 6.10. The summed E-state index contributed by atoms with van der Waals surface area (Å²) in [6.07, 6.45) is 4.71. The number of halogens is 1. The van der Waals surface area contributed by atoms with Gasteiger partial charge in [-0.1, -0.05) is 34.8 Å². The summed E-state index contributed by atoms with van der Waals surface area (Å²) in [5, 5.41) is 0.818. The second kappa shape index (κ2) is 7.11. The molecule has 0 N–H and O–H groups in total. The first kappa shape index (κ1) is 15.4. The van der Waals surface area contributed by atoms with Crippen LogP contribution in [0.15, 0.2) is 18.2 Å². The van der Waals surface area contributed by atoms with E-state index in [1.54, 1.807) is 7.11 Å². The number of methoxy groups -OCH3 is 1. The van der Waals surface area contributed by atoms with Gasteiger partial charge in [0.1, 0.15) is 5.75 Å². The number of carbonyl (C=O) groups is 1. The first-order valence-electron chi connectivity index (χ1n) is 7.19. The highest BCUT2D eigenvalue weighted by Crippen LogP contribution is 2.26. The maximum Gasteiger partial charge on any atom is 0.254 e. The molecule has 1 aliphatic rings. The van der Waals surface area contributed by atoms with Crippen LogP contribution in [0.25, 0.3) is 0 Å². The Morgan fingerprint density at radius 1 is 1.40 bits per heavy atom. The molecule has 0 aromatic heterocycles. The van der Waals surface area contributed by atoms with E-state index in [9.17, 15) is 4.79 Å². The Hall–Kier alpha value is -1.03. The van der Waals surface area contributed by atoms with Crippen molar-refractivity contribution in [3.63, 3.8) is 0 Å². The van der Waals surface area contributed by atoms with Crippen LogP contribution in [-0.2, 0) is 0 Å². The minimum absolute atomic E-state index is 0.120. The van der Waals surface area contributed by atoms with Crippen molar-refractivity contribution in [2.24, 2.45) is 0 Å². The minimum atomic E-state index is 0.120. The van der Waals surface area contributed by atoms with E-state index in [0.29, 0.717) is 6.04 Å². The molecule has 1 aromatic rings. The lowest BCUT2D eigenvalue weighted by Gasteiger charge is -2.28. The Kier molecular flexibility index (Phi) is 5.46. The molecule has 1 amide bonds. The van der Waals surface area contributed by atoms with Gasteiger partial charge in [-0.25, -0.2) is 0 Å². The third kappa shape index (κ3) is 3.35. The van der Waals surface area contributed by atoms with Crippen molar-refractivity contribution in [1.29, 1.82) is 0 Å². The lowest BCUT2D eigenvalue weighted by Crippen LogP contribution is -2.40. The smallest absolute Gasteiger partial charge is 0.254 e. The van der Waals surface area contributed by atoms with Gasteiger partial charge in [-0.3, -0.25) is 4.79 Å². The van der Waals surface area contributed by atoms with Gasteiger partial charge in [0, 0.05) is 23.5 Å². The van der Waals surface area contributed by atoms with Crippen LogP contribution >= 0.6 is 15.9 Å². The van der Waals surface area contributed by atoms with Gasteiger partial charge in [0.05, 0.1) is 7.11 Å². The Morgan fingerprint density at radius 2 is 2.10 bits per heavy atom. The highest BCUT2D eigenvalue weighted by Gasteiger charge is 2.27. The molecule has 4 heteroatoms. The number of nitrogens with zero attached hydrogens (tertiary/aromatic N) is 1. The predicted molar refractivity (Wildman–Crippen MR) is 84.8 cm³/mol. The molecule has 2 rings (SSSR count). The molecule has 1 aromatic carbocycles. The zero-order valence-corrected chi connectivity index (χ0v) is 13.8. The average molecular weight is 340 g/mol. The van der Waals surface area contributed by atoms with Gasteiger partial charge in [-0.15, -0.1) is 0 Å². The summed E-state index contributed by atoms with van der Waals surface area (Å²) in [5.74, 6) is 0.899. The molecular weight excluding hydrogens is 318 g/mol. The van der Waals surface area contributed by atoms with Crippen LogP contribution in [0.5, 0.6) is 5.75 Å². The number of carbonyl (C=O) groups excluding carboxylic acids is 1. The normalized spacial score (nSPS) is 15.3. The van der Waals surface area contributed by atoms with E-state index in [1.807, 2.05) is 30.0 Å². The Balaban J connectivity index is 2.22. The van der Waals surface area contributed by atoms with Crippen molar-refractivity contribution in [2.75, 3.05) is 19.0 Å². The molecule has 0 radical (unpaired) electrons. The number of alkyl halides is 1. The Labute approximate surface area is 129 Å². The summed E-state index contributed by atoms with van der Waals surface area (Å²) < 4.78 is 5.32. The quantitative estimate of drug-likeness (QED) is 0.764. The number of hydrogen-bond donors (Lipinski definition) is 0. The Morgan fingerprint density at radius 3 is 2.70 bits per heavy atom. The fourth-order valence-corrected chi connectivity index (χ4v) is 3.26. The lowest BCUT2D eigenvalue weighted by atomic mass is 10.1. The average Bonchev–Trinajstić information content (AvgIpc) is 2.98. The number of benzene rings is 1. The minimum Gasteiger partial charge on any atom is -0.496 e. The molecule has 0 unspecified atom stereocenters. The van der Waals surface area contributed by atoms with Crippen LogP contribution in [0.1, 0.15) is 41.6 Å². The van der Waals surface area contributed by atoms with Gasteiger partial charge in [0.15, 0.2) is 0 Å². The van der Waals surface area contributed by atoms with Crippen LogP contribution in [0.4, 0.5) is 0 Å². The monoisotopic (exact) mass is 339 g/mol. The molecular formula is C16H22BrNO2. The van der Waals surface area contributed by atoms with Gasteiger partial charge in [-0.05, 0) is 37.5 Å². The maximum absolute atomic E-state index is 12.8. The fraction of sp³-hybridized carbons (Fsp3) is 0.562. The van der Waals surface area contributed by atoms with Crippen molar-refractivity contribution in [2.45, 2.75) is 38.6 Å². The molecule has 1 fully saturated rings. The van der Waals surface area contributed by atoms with Crippen molar-refractivity contribution < 1.29 is 9.53 Å². The molecule has 1 aliphatic carbocycles. The van der Waals surface area contributed by atoms with Gasteiger partial charge in [-0.2, -0.15) is 0 Å². The van der Waals surface area contributed by atoms with E-state index in [1.165, 1.54) is 12.8 Å². The molecule has 0 heterocycles. The van der Waals surface area contributed by atoms with Crippen molar-refractivity contribution >= 4 is 21.8 Å². The predicted octanol–water partition coefficient (Wildman–Crippen LogP) is 3.78. The summed E-state index contributed by atoms with van der Waals surface area (Å²) in [7, 11) is 1.64. The standard InChI is InChI=1S/C16H22BrNO2/c1-12-7-8-13(11-15(12)20-2)16(19)18(10-9-17)14-5-3-4-6-14/h7-8,11,14H,3-6,9-10H2,1-2H3. The zero-order valence-electron chi connectivity index (χ0n) is 12.2. The highest BCUT2D eigenvalue weighted by atomic mass is 79.9. The lowest BCUT2D eigenvalue weighted by molar-refractivity contribution is 0.0696. The summed E-state index contributed by atoms with van der Waals surface area (Å²) >= 11 is 3.46. The van der Waals surface area contributed by atoms with Crippen LogP contribution in [0.2, 0.25) is 0 Å². The topological polar surface area (TPSA) is 29.5 Å². The molecule has 0 saturated heterocycles. The largest absolute Gasteiger partial charge is 0.496 e. The van der Waals surface area contributed by atoms with Crippen LogP contribution in [-0.4, -0.2) is 35.8 Å². The molecule has 1 saturated carbocycles. The van der Waals surface area contributed by atoms with Crippen LogP contribution in [0, 0.1) is 6.92 Å². The van der Waals surface area contributed by atoms with Crippen molar-refractivity contribution in [3.8, 4) is 5.75 Å². The van der Waals surface area contributed by atoms with Gasteiger partial charge >= 0.3 is 0 Å². The number of ether oxygens (including phenoxy) is 1. The number of amides is 1. The zero-order chi connectivity index (χ0) is 14.5. The third-order valence-electron chi connectivity index (χ3n) is 4.01. The molecule has 3 nitrogen and oxygen atoms in total. The van der Waals surface area contributed by atoms with Crippen LogP contribution < -0.4 is 4.74 Å². The fourth-order valence-electron chi connectivity index (χ4n) is 2.88. The van der Waals surface area contributed by atoms with E-state index < -0.39 is 0 Å². The van der Waals surface area contributed by atoms with Gasteiger partial charge in [0.2, 0.25) is 0 Å². The third-order valence-corrected chi connectivity index (χ3v) is 4.36. The molecule has 20 heavy (non-hydrogen) atoms. The van der Waals surface area contributed by atoms with E-state index in [4.69, 9.17) is 4.74 Å². The summed E-state index contributed by atoms with van der Waals surface area (Å²) in [5.41, 5.74) is 1.78. The van der Waals surface area contributed by atoms with Crippen LogP contribution in [0.3, 0.4) is 0 Å². The molecule has 0 bridgehead atoms. The summed E-state index contributed by atoms with van der Waals surface area (Å²) in [4.78, 5) is 14.8. The summed E-state index contributed by atoms with van der Waals surface area (Å²) in [6.45, 7) is 2.75. The SMILES string of the molecule is COc1cc(C(=O)N(CCBr)C2CCCC2)ccc1C. The maximum atomic E-state index is 12.8. The number of hydrogen-bond acceptors (Lipinski definition) is 2. The van der Waals surface area contributed by atoms with E-state index in [-0.39, 0.29) is 5.91 Å². The second-order valence-corrected chi connectivity index (χ2v) is 6.10. The first-order valence-corrected chi connectivity index (χ1v) is 8.31. The van der Waals surface area contributed by atoms with Gasteiger partial charge < -0.3 is 9.64 Å². The van der Waals surface area contributed by atoms with E-state index in [2.05, 4.69) is 15.9 Å². The highest BCUT2D eigenvalue weighted by molar-refractivity contribution is 9.09. The first-order chi connectivity index (χ1) is 9.67. The molecule has 0 spiro atoms. The van der Waals surface area contributed by atoms with Gasteiger partial charge in [0.25, 0.3) is 5.91 Å². The van der Waals surface area contributed by atoms with Crippen molar-refractivity contribution in [3.05, 3.63) is 29.3 Å². The number of aryl methyl sites for hydroxylation is 1. The second-order valence-electron chi connectivity index (χ2n) is 5.31. The number of rotatable bonds is 5. The molecule has 0 aliphatic heterocycles. The van der Waals surface area contributed by atoms with Crippen molar-refractivity contribution in [1.82, 2.24) is 4.90 Å². The molecule has 110 valence electrons. The Bertz CT molecular complexity index is 470. The van der Waals surface area contributed by atoms with E-state index in [0.717, 1.165) is 41.6 Å². The molecule has 0 atom stereocenters. The van der Waals surface area contributed by atoms with E-state index >= 15 is 0 Å².